The second-order valence-corrected chi connectivity index (χ2v) is 7.72. The van der Waals surface area contributed by atoms with Crippen LogP contribution in [-0.4, -0.2) is 15.8 Å². The zero-order valence-corrected chi connectivity index (χ0v) is 17.8. The summed E-state index contributed by atoms with van der Waals surface area (Å²) in [6.45, 7) is 9.92. The SMILES string of the molecule is C=C(F)/C=C\C(=C)Oc1ccc(CN2Cc3cc(-c4cccnc4)cc(C)c3C2=O)cc1. The number of nitrogens with zero attached hydrogens (tertiary/aromatic N) is 2. The maximum absolute atomic E-state index is 13.0. The number of aromatic nitrogens is 1. The Labute approximate surface area is 187 Å². The van der Waals surface area contributed by atoms with Crippen LogP contribution in [0.3, 0.4) is 0 Å². The molecule has 0 radical (unpaired) electrons. The van der Waals surface area contributed by atoms with E-state index in [9.17, 15) is 9.18 Å². The molecule has 0 N–H and O–H groups in total. The molecular formula is C27H23FN2O2. The molecule has 1 aliphatic heterocycles. The topological polar surface area (TPSA) is 42.4 Å². The fraction of sp³-hybridized carbons (Fsp3) is 0.111. The fourth-order valence-electron chi connectivity index (χ4n) is 3.81. The largest absolute Gasteiger partial charge is 0.458 e. The third-order valence-electron chi connectivity index (χ3n) is 5.27. The van der Waals surface area contributed by atoms with E-state index in [0.717, 1.165) is 33.4 Å². The number of halogens is 1. The first-order valence-corrected chi connectivity index (χ1v) is 10.2. The maximum atomic E-state index is 13.0. The number of benzene rings is 2. The van der Waals surface area contributed by atoms with E-state index in [1.807, 2.05) is 48.4 Å². The van der Waals surface area contributed by atoms with Gasteiger partial charge in [0.15, 0.2) is 0 Å². The quantitative estimate of drug-likeness (QED) is 0.336. The van der Waals surface area contributed by atoms with Crippen LogP contribution in [0.15, 0.2) is 97.8 Å². The molecule has 160 valence electrons. The number of amides is 1. The van der Waals surface area contributed by atoms with Gasteiger partial charge in [-0.15, -0.1) is 0 Å². The number of pyridine rings is 1. The Hall–Kier alpha value is -3.99. The summed E-state index contributed by atoms with van der Waals surface area (Å²) in [4.78, 5) is 19.1. The summed E-state index contributed by atoms with van der Waals surface area (Å²) >= 11 is 0. The molecule has 2 aromatic carbocycles. The lowest BCUT2D eigenvalue weighted by molar-refractivity contribution is 0.0766. The van der Waals surface area contributed by atoms with Gasteiger partial charge in [-0.1, -0.05) is 37.4 Å². The van der Waals surface area contributed by atoms with Crippen LogP contribution in [0.2, 0.25) is 0 Å². The number of allylic oxidation sites excluding steroid dienone is 3. The first kappa shape index (κ1) is 21.2. The van der Waals surface area contributed by atoms with E-state index in [-0.39, 0.29) is 5.91 Å². The van der Waals surface area contributed by atoms with Crippen LogP contribution in [0.4, 0.5) is 4.39 Å². The van der Waals surface area contributed by atoms with Crippen molar-refractivity contribution in [2.75, 3.05) is 0 Å². The average Bonchev–Trinajstić information content (AvgIpc) is 3.10. The Morgan fingerprint density at radius 1 is 1.16 bits per heavy atom. The summed E-state index contributed by atoms with van der Waals surface area (Å²) in [5.41, 5.74) is 5.88. The van der Waals surface area contributed by atoms with Crippen LogP contribution >= 0.6 is 0 Å². The fourth-order valence-corrected chi connectivity index (χ4v) is 3.81. The van der Waals surface area contributed by atoms with E-state index in [1.54, 1.807) is 18.3 Å². The third kappa shape index (κ3) is 4.67. The summed E-state index contributed by atoms with van der Waals surface area (Å²) in [5.74, 6) is 0.368. The molecule has 0 saturated carbocycles. The smallest absolute Gasteiger partial charge is 0.255 e. The van der Waals surface area contributed by atoms with Gasteiger partial charge in [-0.2, -0.15) is 0 Å². The Bertz CT molecular complexity index is 1210. The molecule has 0 saturated heterocycles. The van der Waals surface area contributed by atoms with E-state index < -0.39 is 5.83 Å². The monoisotopic (exact) mass is 426 g/mol. The molecule has 0 spiro atoms. The van der Waals surface area contributed by atoms with Crippen LogP contribution in [0.5, 0.6) is 5.75 Å². The van der Waals surface area contributed by atoms with Crippen LogP contribution in [0.1, 0.15) is 27.0 Å². The summed E-state index contributed by atoms with van der Waals surface area (Å²) in [5, 5.41) is 0. The summed E-state index contributed by atoms with van der Waals surface area (Å²) in [6, 6.07) is 15.5. The van der Waals surface area contributed by atoms with Crippen molar-refractivity contribution in [3.05, 3.63) is 120 Å². The van der Waals surface area contributed by atoms with Crippen molar-refractivity contribution in [3.8, 4) is 16.9 Å². The van der Waals surface area contributed by atoms with Gasteiger partial charge in [0.1, 0.15) is 17.3 Å². The van der Waals surface area contributed by atoms with Crippen LogP contribution < -0.4 is 4.74 Å². The van der Waals surface area contributed by atoms with Crippen molar-refractivity contribution >= 4 is 5.91 Å². The number of carbonyl (C=O) groups is 1. The molecule has 2 heterocycles. The Morgan fingerprint density at radius 3 is 2.62 bits per heavy atom. The molecule has 4 nitrogen and oxygen atoms in total. The zero-order chi connectivity index (χ0) is 22.7. The highest BCUT2D eigenvalue weighted by Gasteiger charge is 2.29. The van der Waals surface area contributed by atoms with E-state index in [2.05, 4.69) is 24.2 Å². The summed E-state index contributed by atoms with van der Waals surface area (Å²) < 4.78 is 18.3. The minimum atomic E-state index is -0.566. The highest BCUT2D eigenvalue weighted by Crippen LogP contribution is 2.32. The van der Waals surface area contributed by atoms with E-state index in [0.29, 0.717) is 24.6 Å². The molecule has 3 aromatic rings. The lowest BCUT2D eigenvalue weighted by Crippen LogP contribution is -2.23. The Kier molecular flexibility index (Phi) is 5.99. The normalized spacial score (nSPS) is 12.8. The number of hydrogen-bond donors (Lipinski definition) is 0. The van der Waals surface area contributed by atoms with E-state index in [1.165, 1.54) is 12.2 Å². The van der Waals surface area contributed by atoms with Gasteiger partial charge in [-0.25, -0.2) is 4.39 Å². The molecule has 0 bridgehead atoms. The van der Waals surface area contributed by atoms with Gasteiger partial charge >= 0.3 is 0 Å². The van der Waals surface area contributed by atoms with Crippen molar-refractivity contribution in [3.63, 3.8) is 0 Å². The molecule has 1 amide bonds. The van der Waals surface area contributed by atoms with Crippen molar-refractivity contribution in [1.29, 1.82) is 0 Å². The second kappa shape index (κ2) is 9.02. The van der Waals surface area contributed by atoms with Gasteiger partial charge in [0.25, 0.3) is 5.91 Å². The van der Waals surface area contributed by atoms with E-state index in [4.69, 9.17) is 4.74 Å². The number of aryl methyl sites for hydroxylation is 1. The maximum Gasteiger partial charge on any atom is 0.255 e. The van der Waals surface area contributed by atoms with Gasteiger partial charge in [0, 0.05) is 36.6 Å². The van der Waals surface area contributed by atoms with Crippen molar-refractivity contribution in [2.45, 2.75) is 20.0 Å². The molecule has 0 fully saturated rings. The van der Waals surface area contributed by atoms with Gasteiger partial charge in [-0.05, 0) is 65.6 Å². The van der Waals surface area contributed by atoms with Crippen molar-refractivity contribution in [2.24, 2.45) is 0 Å². The minimum absolute atomic E-state index is 0.0422. The molecule has 1 aromatic heterocycles. The van der Waals surface area contributed by atoms with Gasteiger partial charge in [0.05, 0.1) is 0 Å². The lowest BCUT2D eigenvalue weighted by atomic mass is 9.97. The number of carbonyl (C=O) groups excluding carboxylic acids is 1. The van der Waals surface area contributed by atoms with Crippen LogP contribution in [-0.2, 0) is 13.1 Å². The van der Waals surface area contributed by atoms with Crippen molar-refractivity contribution in [1.82, 2.24) is 9.88 Å². The highest BCUT2D eigenvalue weighted by atomic mass is 19.1. The molecule has 32 heavy (non-hydrogen) atoms. The first-order chi connectivity index (χ1) is 15.4. The molecule has 4 rings (SSSR count). The van der Waals surface area contributed by atoms with Gasteiger partial charge in [0.2, 0.25) is 0 Å². The molecule has 0 unspecified atom stereocenters. The molecule has 0 aliphatic carbocycles. The van der Waals surface area contributed by atoms with E-state index >= 15 is 0 Å². The number of hydrogen-bond acceptors (Lipinski definition) is 3. The molecule has 5 heteroatoms. The Balaban J connectivity index is 1.46. The predicted octanol–water partition coefficient (Wildman–Crippen LogP) is 6.14. The molecular weight excluding hydrogens is 403 g/mol. The average molecular weight is 426 g/mol. The second-order valence-electron chi connectivity index (χ2n) is 7.72. The van der Waals surface area contributed by atoms with Gasteiger partial charge in [-0.3, -0.25) is 9.78 Å². The third-order valence-corrected chi connectivity index (χ3v) is 5.27. The molecule has 1 aliphatic rings. The minimum Gasteiger partial charge on any atom is -0.458 e. The van der Waals surface area contributed by atoms with Gasteiger partial charge < -0.3 is 9.64 Å². The van der Waals surface area contributed by atoms with Crippen LogP contribution in [0.25, 0.3) is 11.1 Å². The lowest BCUT2D eigenvalue weighted by Gasteiger charge is -2.16. The first-order valence-electron chi connectivity index (χ1n) is 10.2. The number of rotatable bonds is 7. The van der Waals surface area contributed by atoms with Crippen LogP contribution in [0, 0.1) is 6.92 Å². The van der Waals surface area contributed by atoms with Crippen molar-refractivity contribution < 1.29 is 13.9 Å². The molecule has 0 atom stereocenters. The number of ether oxygens (including phenoxy) is 1. The summed E-state index contributed by atoms with van der Waals surface area (Å²) in [7, 11) is 0. The standard InChI is InChI=1S/C27H23FN2O2/c1-18-13-23(22-5-4-12-29-15-22)14-24-17-30(27(31)26(18)24)16-21-8-10-25(11-9-21)32-20(3)7-6-19(2)28/h4-15H,2-3,16-17H2,1H3/b7-6-. The Morgan fingerprint density at radius 2 is 1.94 bits per heavy atom. The summed E-state index contributed by atoms with van der Waals surface area (Å²) in [6.07, 6.45) is 6.18. The highest BCUT2D eigenvalue weighted by molar-refractivity contribution is 6.00. The predicted molar refractivity (Wildman–Crippen MR) is 124 cm³/mol. The zero-order valence-electron chi connectivity index (χ0n) is 17.8. The number of fused-ring (bicyclic) bond motifs is 1.